The van der Waals surface area contributed by atoms with Gasteiger partial charge in [0.15, 0.2) is 6.61 Å². The van der Waals surface area contributed by atoms with E-state index in [1.165, 1.54) is 6.21 Å². The summed E-state index contributed by atoms with van der Waals surface area (Å²) >= 11 is 0. The van der Waals surface area contributed by atoms with Crippen molar-refractivity contribution in [2.24, 2.45) is 5.10 Å². The number of para-hydroxylation sites is 2. The highest BCUT2D eigenvalue weighted by molar-refractivity contribution is 6.35. The molecular formula is C20H20N4O4. The number of hydrazone groups is 1. The average Bonchev–Trinajstić information content (AvgIpc) is 3.52. The molecule has 0 saturated heterocycles. The molecule has 8 heteroatoms. The Kier molecular flexibility index (Phi) is 6.35. The molecule has 1 aliphatic carbocycles. The summed E-state index contributed by atoms with van der Waals surface area (Å²) in [5.41, 5.74) is 3.40. The Morgan fingerprint density at radius 2 is 1.71 bits per heavy atom. The molecule has 3 rings (SSSR count). The molecule has 1 saturated carbocycles. The van der Waals surface area contributed by atoms with Gasteiger partial charge in [0.2, 0.25) is 0 Å². The predicted octanol–water partition coefficient (Wildman–Crippen LogP) is 1.43. The molecule has 28 heavy (non-hydrogen) atoms. The molecule has 8 nitrogen and oxygen atoms in total. The third-order valence-electron chi connectivity index (χ3n) is 3.82. The first kappa shape index (κ1) is 19.1. The first-order valence-corrected chi connectivity index (χ1v) is 8.82. The largest absolute Gasteiger partial charge is 0.483 e. The van der Waals surface area contributed by atoms with Crippen LogP contribution in [0.2, 0.25) is 0 Å². The topological polar surface area (TPSA) is 109 Å². The van der Waals surface area contributed by atoms with E-state index in [0.717, 1.165) is 12.8 Å². The lowest BCUT2D eigenvalue weighted by molar-refractivity contribution is -0.139. The molecule has 3 N–H and O–H groups in total. The van der Waals surface area contributed by atoms with Crippen LogP contribution in [0.15, 0.2) is 59.7 Å². The van der Waals surface area contributed by atoms with Crippen molar-refractivity contribution in [3.8, 4) is 5.75 Å². The van der Waals surface area contributed by atoms with Crippen molar-refractivity contribution in [1.29, 1.82) is 0 Å². The number of hydrogen-bond acceptors (Lipinski definition) is 5. The third-order valence-corrected chi connectivity index (χ3v) is 3.82. The molecule has 2 aromatic carbocycles. The summed E-state index contributed by atoms with van der Waals surface area (Å²) in [6.07, 6.45) is 3.14. The van der Waals surface area contributed by atoms with Crippen LogP contribution in [-0.4, -0.2) is 36.6 Å². The predicted molar refractivity (Wildman–Crippen MR) is 104 cm³/mol. The summed E-state index contributed by atoms with van der Waals surface area (Å²) in [5.74, 6) is -1.42. The normalized spacial score (nSPS) is 13.0. The van der Waals surface area contributed by atoms with E-state index >= 15 is 0 Å². The molecule has 1 aliphatic rings. The Morgan fingerprint density at radius 3 is 2.46 bits per heavy atom. The Hall–Kier alpha value is -3.68. The maximum atomic E-state index is 12.0. The average molecular weight is 380 g/mol. The molecule has 0 aromatic heterocycles. The van der Waals surface area contributed by atoms with Gasteiger partial charge in [0.05, 0.1) is 6.21 Å². The maximum Gasteiger partial charge on any atom is 0.329 e. The fourth-order valence-corrected chi connectivity index (χ4v) is 2.27. The first-order valence-electron chi connectivity index (χ1n) is 8.82. The van der Waals surface area contributed by atoms with Crippen LogP contribution in [0.25, 0.3) is 0 Å². The Bertz CT molecular complexity index is 879. The van der Waals surface area contributed by atoms with Gasteiger partial charge in [-0.2, -0.15) is 5.10 Å². The molecule has 0 heterocycles. The Labute approximate surface area is 162 Å². The molecular weight excluding hydrogens is 360 g/mol. The first-order chi connectivity index (χ1) is 13.6. The molecule has 0 atom stereocenters. The molecule has 1 fully saturated rings. The van der Waals surface area contributed by atoms with Gasteiger partial charge >= 0.3 is 11.8 Å². The quantitative estimate of drug-likeness (QED) is 0.384. The second kappa shape index (κ2) is 9.31. The lowest BCUT2D eigenvalue weighted by Crippen LogP contribution is -2.38. The Balaban J connectivity index is 1.51. The minimum atomic E-state index is -0.830. The highest BCUT2D eigenvalue weighted by Crippen LogP contribution is 2.18. The molecule has 0 unspecified atom stereocenters. The molecule has 0 aliphatic heterocycles. The van der Waals surface area contributed by atoms with Crippen molar-refractivity contribution in [1.82, 2.24) is 10.7 Å². The van der Waals surface area contributed by atoms with E-state index in [1.807, 2.05) is 18.2 Å². The van der Waals surface area contributed by atoms with Crippen LogP contribution in [0.3, 0.4) is 0 Å². The van der Waals surface area contributed by atoms with Crippen LogP contribution >= 0.6 is 0 Å². The number of ether oxygens (including phenoxy) is 1. The molecule has 0 radical (unpaired) electrons. The lowest BCUT2D eigenvalue weighted by Gasteiger charge is -2.09. The number of nitrogens with one attached hydrogen (secondary N) is 3. The number of nitrogens with zero attached hydrogens (tertiary/aromatic N) is 1. The van der Waals surface area contributed by atoms with Crippen molar-refractivity contribution in [3.05, 3.63) is 60.2 Å². The number of anilines is 1. The van der Waals surface area contributed by atoms with Crippen molar-refractivity contribution in [3.63, 3.8) is 0 Å². The van der Waals surface area contributed by atoms with E-state index in [9.17, 15) is 14.4 Å². The van der Waals surface area contributed by atoms with Crippen LogP contribution < -0.4 is 20.8 Å². The summed E-state index contributed by atoms with van der Waals surface area (Å²) in [4.78, 5) is 35.2. The number of carbonyl (C=O) groups is 3. The molecule has 144 valence electrons. The van der Waals surface area contributed by atoms with Gasteiger partial charge in [-0.05, 0) is 37.1 Å². The van der Waals surface area contributed by atoms with Crippen LogP contribution in [0, 0.1) is 0 Å². The summed E-state index contributed by atoms with van der Waals surface area (Å²) in [5, 5.41) is 9.08. The zero-order chi connectivity index (χ0) is 19.8. The SMILES string of the molecule is O=C(COc1ccccc1/C=N\NC(=O)C(=O)NC1CC1)Nc1ccccc1. The van der Waals surface area contributed by atoms with E-state index < -0.39 is 11.8 Å². The number of amides is 3. The number of hydrogen-bond donors (Lipinski definition) is 3. The second-order valence-corrected chi connectivity index (χ2v) is 6.19. The fraction of sp³-hybridized carbons (Fsp3) is 0.200. The summed E-state index contributed by atoms with van der Waals surface area (Å²) in [6.45, 7) is -0.185. The molecule has 0 spiro atoms. The monoisotopic (exact) mass is 380 g/mol. The van der Waals surface area contributed by atoms with Crippen molar-refractivity contribution >= 4 is 29.6 Å². The lowest BCUT2D eigenvalue weighted by atomic mass is 10.2. The van der Waals surface area contributed by atoms with E-state index in [0.29, 0.717) is 17.0 Å². The maximum absolute atomic E-state index is 12.0. The van der Waals surface area contributed by atoms with Gasteiger partial charge in [0.25, 0.3) is 5.91 Å². The zero-order valence-electron chi connectivity index (χ0n) is 15.1. The van der Waals surface area contributed by atoms with E-state index in [2.05, 4.69) is 21.2 Å². The summed E-state index contributed by atoms with van der Waals surface area (Å²) in [6, 6.07) is 16.1. The van der Waals surface area contributed by atoms with E-state index in [-0.39, 0.29) is 18.6 Å². The van der Waals surface area contributed by atoms with E-state index in [4.69, 9.17) is 4.74 Å². The highest BCUT2D eigenvalue weighted by Gasteiger charge is 2.26. The van der Waals surface area contributed by atoms with Crippen LogP contribution in [0.1, 0.15) is 18.4 Å². The van der Waals surface area contributed by atoms with Gasteiger partial charge in [0, 0.05) is 17.3 Å². The van der Waals surface area contributed by atoms with Crippen molar-refractivity contribution in [2.75, 3.05) is 11.9 Å². The zero-order valence-corrected chi connectivity index (χ0v) is 15.1. The standard InChI is InChI=1S/C20H20N4O4/c25-18(22-15-7-2-1-3-8-15)13-28-17-9-5-4-6-14(17)12-21-24-20(27)19(26)23-16-10-11-16/h1-9,12,16H,10-11,13H2,(H,22,25)(H,23,26)(H,24,27)/b21-12-. The van der Waals surface area contributed by atoms with Gasteiger partial charge in [-0.15, -0.1) is 0 Å². The summed E-state index contributed by atoms with van der Waals surface area (Å²) < 4.78 is 5.54. The van der Waals surface area contributed by atoms with Gasteiger partial charge in [-0.25, -0.2) is 5.43 Å². The van der Waals surface area contributed by atoms with Gasteiger partial charge < -0.3 is 15.4 Å². The smallest absolute Gasteiger partial charge is 0.329 e. The van der Waals surface area contributed by atoms with E-state index in [1.54, 1.807) is 36.4 Å². The third kappa shape index (κ3) is 5.94. The molecule has 2 aromatic rings. The van der Waals surface area contributed by atoms with Crippen LogP contribution in [0.4, 0.5) is 5.69 Å². The summed E-state index contributed by atoms with van der Waals surface area (Å²) in [7, 11) is 0. The highest BCUT2D eigenvalue weighted by atomic mass is 16.5. The van der Waals surface area contributed by atoms with Gasteiger partial charge in [-0.1, -0.05) is 30.3 Å². The van der Waals surface area contributed by atoms with Crippen molar-refractivity contribution in [2.45, 2.75) is 18.9 Å². The number of benzene rings is 2. The molecule has 3 amide bonds. The number of carbonyl (C=O) groups excluding carboxylic acids is 3. The minimum absolute atomic E-state index is 0.0957. The minimum Gasteiger partial charge on any atom is -0.483 e. The number of rotatable bonds is 7. The Morgan fingerprint density at radius 1 is 1.00 bits per heavy atom. The molecule has 0 bridgehead atoms. The van der Waals surface area contributed by atoms with Gasteiger partial charge in [0.1, 0.15) is 5.75 Å². The van der Waals surface area contributed by atoms with Gasteiger partial charge in [-0.3, -0.25) is 14.4 Å². The van der Waals surface area contributed by atoms with Crippen LogP contribution in [0.5, 0.6) is 5.75 Å². The second-order valence-electron chi connectivity index (χ2n) is 6.19. The van der Waals surface area contributed by atoms with Crippen molar-refractivity contribution < 1.29 is 19.1 Å². The van der Waals surface area contributed by atoms with Crippen LogP contribution in [-0.2, 0) is 14.4 Å². The fourth-order valence-electron chi connectivity index (χ4n) is 2.27.